The molecular formula is C24H25F4N5O3. The number of carbonyl (C=O) groups is 2. The van der Waals surface area contributed by atoms with Gasteiger partial charge in [0.1, 0.15) is 29.8 Å². The molecule has 3 heterocycles. The number of nitrogens with zero attached hydrogens (tertiary/aromatic N) is 4. The van der Waals surface area contributed by atoms with E-state index in [2.05, 4.69) is 15.4 Å². The Balaban J connectivity index is 1.72. The van der Waals surface area contributed by atoms with E-state index in [1.807, 2.05) is 0 Å². The number of rotatable bonds is 5. The van der Waals surface area contributed by atoms with Crippen molar-refractivity contribution in [2.24, 2.45) is 11.3 Å². The third-order valence-corrected chi connectivity index (χ3v) is 5.86. The summed E-state index contributed by atoms with van der Waals surface area (Å²) in [6, 6.07) is 5.52. The summed E-state index contributed by atoms with van der Waals surface area (Å²) in [5, 5.41) is 7.01. The molecule has 8 nitrogen and oxygen atoms in total. The largest absolute Gasteiger partial charge is 0.469 e. The molecule has 4 rings (SSSR count). The van der Waals surface area contributed by atoms with Gasteiger partial charge in [0.25, 0.3) is 5.91 Å². The number of anilines is 1. The molecule has 0 bridgehead atoms. The van der Waals surface area contributed by atoms with Crippen LogP contribution >= 0.6 is 0 Å². The number of hydrogen-bond donors (Lipinski definition) is 1. The molecule has 12 heteroatoms. The minimum atomic E-state index is -4.60. The van der Waals surface area contributed by atoms with Crippen molar-refractivity contribution in [2.75, 3.05) is 11.9 Å². The molecule has 1 N–H and O–H groups in total. The lowest BCUT2D eigenvalue weighted by Crippen LogP contribution is -2.60. The Bertz CT molecular complexity index is 1270. The monoisotopic (exact) mass is 507 g/mol. The zero-order valence-corrected chi connectivity index (χ0v) is 20.1. The normalized spacial score (nSPS) is 18.2. The van der Waals surface area contributed by atoms with E-state index in [1.54, 1.807) is 27.7 Å². The van der Waals surface area contributed by atoms with Crippen molar-refractivity contribution in [3.05, 3.63) is 65.1 Å². The van der Waals surface area contributed by atoms with Crippen LogP contribution in [0.1, 0.15) is 54.3 Å². The fraction of sp³-hybridized carbons (Fsp3) is 0.417. The first-order valence-corrected chi connectivity index (χ1v) is 11.2. The van der Waals surface area contributed by atoms with E-state index in [9.17, 15) is 27.2 Å². The van der Waals surface area contributed by atoms with E-state index in [4.69, 9.17) is 4.42 Å². The van der Waals surface area contributed by atoms with Crippen LogP contribution in [0.15, 0.2) is 41.0 Å². The van der Waals surface area contributed by atoms with E-state index >= 15 is 0 Å². The second kappa shape index (κ2) is 9.07. The Morgan fingerprint density at radius 2 is 1.83 bits per heavy atom. The summed E-state index contributed by atoms with van der Waals surface area (Å²) in [5.41, 5.74) is -0.164. The number of halogens is 4. The van der Waals surface area contributed by atoms with Gasteiger partial charge in [0.05, 0.1) is 5.56 Å². The third-order valence-electron chi connectivity index (χ3n) is 5.86. The van der Waals surface area contributed by atoms with Crippen LogP contribution < -0.4 is 5.32 Å². The van der Waals surface area contributed by atoms with Gasteiger partial charge < -0.3 is 14.6 Å². The van der Waals surface area contributed by atoms with Gasteiger partial charge in [-0.2, -0.15) is 22.8 Å². The molecule has 2 unspecified atom stereocenters. The molecule has 1 saturated heterocycles. The van der Waals surface area contributed by atoms with Crippen molar-refractivity contribution in [2.45, 2.75) is 46.5 Å². The predicted octanol–water partition coefficient (Wildman–Crippen LogP) is 4.73. The van der Waals surface area contributed by atoms with Crippen molar-refractivity contribution in [1.82, 2.24) is 19.7 Å². The fourth-order valence-electron chi connectivity index (χ4n) is 3.92. The second-order valence-electron chi connectivity index (χ2n) is 9.74. The molecule has 3 aromatic rings. The highest BCUT2D eigenvalue weighted by Crippen LogP contribution is 2.48. The topological polar surface area (TPSA) is 93.3 Å². The Labute approximate surface area is 204 Å². The molecule has 2 aromatic heterocycles. The highest BCUT2D eigenvalue weighted by Gasteiger charge is 2.59. The van der Waals surface area contributed by atoms with Gasteiger partial charge in [-0.1, -0.05) is 32.9 Å². The van der Waals surface area contributed by atoms with Gasteiger partial charge in [0, 0.05) is 18.5 Å². The zero-order valence-electron chi connectivity index (χ0n) is 20.1. The Morgan fingerprint density at radius 3 is 2.39 bits per heavy atom. The molecule has 0 aliphatic carbocycles. The number of nitrogens with one attached hydrogen (secondary N) is 1. The van der Waals surface area contributed by atoms with Gasteiger partial charge in [-0.3, -0.25) is 9.59 Å². The first-order chi connectivity index (χ1) is 16.8. The van der Waals surface area contributed by atoms with Crippen molar-refractivity contribution < 1.29 is 31.6 Å². The lowest BCUT2D eigenvalue weighted by Gasteiger charge is -2.49. The van der Waals surface area contributed by atoms with E-state index in [0.717, 1.165) is 9.58 Å². The Morgan fingerprint density at radius 1 is 1.17 bits per heavy atom. The Hall–Kier alpha value is -3.70. The first kappa shape index (κ1) is 25.4. The maximum atomic E-state index is 13.8. The lowest BCUT2D eigenvalue weighted by atomic mass is 9.83. The number of carbonyl (C=O) groups excluding carboxylic acids is 2. The van der Waals surface area contributed by atoms with Crippen molar-refractivity contribution >= 4 is 17.8 Å². The van der Waals surface area contributed by atoms with Crippen LogP contribution in [0.2, 0.25) is 0 Å². The van der Waals surface area contributed by atoms with E-state index in [1.165, 1.54) is 36.6 Å². The number of aromatic nitrogens is 3. The number of amides is 1. The smallest absolute Gasteiger partial charge is 0.395 e. The van der Waals surface area contributed by atoms with Crippen LogP contribution in [0.25, 0.3) is 0 Å². The molecule has 0 spiro atoms. The van der Waals surface area contributed by atoms with Gasteiger partial charge in [-0.25, -0.2) is 4.39 Å². The van der Waals surface area contributed by atoms with Gasteiger partial charge in [-0.15, -0.1) is 5.10 Å². The minimum absolute atomic E-state index is 0.0914. The summed E-state index contributed by atoms with van der Waals surface area (Å²) in [6.07, 6.45) is -3.39. The molecule has 0 radical (unpaired) electrons. The van der Waals surface area contributed by atoms with Crippen LogP contribution in [0.3, 0.4) is 0 Å². The standard InChI is InChI=1S/C24H25F4N5O3/c1-13-9-15(12-36-13)20(34)33-22(29-10-14-5-7-16(25)8-6-14)30-19(31-33)18-17(24(26,27)28)11-32(18)21(35)23(2,3)4/h5-9,12,17-18H,10-11H2,1-4H3,(H,29,30,31). The molecule has 1 amide bonds. The average Bonchev–Trinajstić information content (AvgIpc) is 3.37. The summed E-state index contributed by atoms with van der Waals surface area (Å²) in [5.74, 6) is -3.44. The number of furan rings is 1. The van der Waals surface area contributed by atoms with Crippen molar-refractivity contribution in [1.29, 1.82) is 0 Å². The summed E-state index contributed by atoms with van der Waals surface area (Å²) in [7, 11) is 0. The third kappa shape index (κ3) is 4.98. The molecule has 36 heavy (non-hydrogen) atoms. The highest BCUT2D eigenvalue weighted by atomic mass is 19.4. The van der Waals surface area contributed by atoms with Gasteiger partial charge in [-0.05, 0) is 30.7 Å². The molecule has 192 valence electrons. The molecule has 1 fully saturated rings. The SMILES string of the molecule is Cc1cc(C(=O)n2nc(C3C(C(F)(F)F)CN3C(=O)C(C)(C)C)nc2NCc2ccc(F)cc2)co1. The molecule has 1 aliphatic heterocycles. The first-order valence-electron chi connectivity index (χ1n) is 11.2. The second-order valence-corrected chi connectivity index (χ2v) is 9.74. The maximum absolute atomic E-state index is 13.8. The molecule has 2 atom stereocenters. The van der Waals surface area contributed by atoms with Crippen LogP contribution in [0.5, 0.6) is 0 Å². The number of likely N-dealkylation sites (tertiary alicyclic amines) is 1. The molecule has 1 aliphatic rings. The van der Waals surface area contributed by atoms with Crippen LogP contribution in [-0.2, 0) is 11.3 Å². The van der Waals surface area contributed by atoms with Crippen LogP contribution in [-0.4, -0.2) is 44.2 Å². The number of hydrogen-bond acceptors (Lipinski definition) is 6. The fourth-order valence-corrected chi connectivity index (χ4v) is 3.92. The van der Waals surface area contributed by atoms with E-state index < -0.39 is 47.7 Å². The van der Waals surface area contributed by atoms with Gasteiger partial charge >= 0.3 is 6.18 Å². The summed E-state index contributed by atoms with van der Waals surface area (Å²) >= 11 is 0. The van der Waals surface area contributed by atoms with E-state index in [0.29, 0.717) is 11.3 Å². The number of benzene rings is 1. The average molecular weight is 507 g/mol. The maximum Gasteiger partial charge on any atom is 0.395 e. The zero-order chi connectivity index (χ0) is 26.4. The lowest BCUT2D eigenvalue weighted by molar-refractivity contribution is -0.234. The number of alkyl halides is 3. The number of aryl methyl sites for hydroxylation is 1. The van der Waals surface area contributed by atoms with Crippen LogP contribution in [0, 0.1) is 24.1 Å². The Kier molecular flexibility index (Phi) is 6.40. The summed E-state index contributed by atoms with van der Waals surface area (Å²) < 4.78 is 60.6. The quantitative estimate of drug-likeness (QED) is 0.502. The minimum Gasteiger partial charge on any atom is -0.469 e. The summed E-state index contributed by atoms with van der Waals surface area (Å²) in [6.45, 7) is 6.04. The molecular weight excluding hydrogens is 482 g/mol. The molecule has 0 saturated carbocycles. The van der Waals surface area contributed by atoms with Gasteiger partial charge in [0.15, 0.2) is 5.82 Å². The molecule has 1 aromatic carbocycles. The predicted molar refractivity (Wildman–Crippen MR) is 120 cm³/mol. The summed E-state index contributed by atoms with van der Waals surface area (Å²) in [4.78, 5) is 31.3. The van der Waals surface area contributed by atoms with Crippen molar-refractivity contribution in [3.63, 3.8) is 0 Å². The van der Waals surface area contributed by atoms with E-state index in [-0.39, 0.29) is 23.9 Å². The highest BCUT2D eigenvalue weighted by molar-refractivity contribution is 5.96. The van der Waals surface area contributed by atoms with Crippen LogP contribution in [0.4, 0.5) is 23.5 Å². The van der Waals surface area contributed by atoms with Gasteiger partial charge in [0.2, 0.25) is 11.9 Å². The van der Waals surface area contributed by atoms with Crippen molar-refractivity contribution in [3.8, 4) is 0 Å².